The smallest absolute Gasteiger partial charge is 0.226 e. The highest BCUT2D eigenvalue weighted by atomic mass is 16.3. The van der Waals surface area contributed by atoms with E-state index in [1.807, 2.05) is 35.9 Å². The largest absolute Gasteiger partial charge is 0.508 e. The SMILES string of the molecule is Cc1cccc(C2C3=C(CC(C)(C)CC3=O)Nc3nc(-c4cccc(O)c4)nn32)c1. The number of hydrogen-bond acceptors (Lipinski definition) is 5. The molecule has 0 radical (unpaired) electrons. The Balaban J connectivity index is 1.69. The summed E-state index contributed by atoms with van der Waals surface area (Å²) in [6.45, 7) is 6.29. The maximum atomic E-state index is 13.3. The van der Waals surface area contributed by atoms with Crippen molar-refractivity contribution in [2.24, 2.45) is 5.41 Å². The van der Waals surface area contributed by atoms with Crippen LogP contribution in [0.15, 0.2) is 59.8 Å². The molecule has 152 valence electrons. The van der Waals surface area contributed by atoms with Gasteiger partial charge in [-0.1, -0.05) is 55.8 Å². The predicted octanol–water partition coefficient (Wildman–Crippen LogP) is 4.62. The summed E-state index contributed by atoms with van der Waals surface area (Å²) in [7, 11) is 0. The summed E-state index contributed by atoms with van der Waals surface area (Å²) >= 11 is 0. The van der Waals surface area contributed by atoms with Crippen LogP contribution in [0.1, 0.15) is 43.9 Å². The molecule has 0 amide bonds. The van der Waals surface area contributed by atoms with Crippen LogP contribution in [0, 0.1) is 12.3 Å². The Bertz CT molecular complexity index is 1210. The second-order valence-corrected chi connectivity index (χ2v) is 9.03. The number of anilines is 1. The molecule has 5 rings (SSSR count). The Kier molecular flexibility index (Phi) is 4.07. The molecule has 0 bridgehead atoms. The molecule has 3 aromatic rings. The molecule has 1 aliphatic carbocycles. The quantitative estimate of drug-likeness (QED) is 0.656. The molecule has 0 saturated heterocycles. The van der Waals surface area contributed by atoms with Crippen LogP contribution in [0.5, 0.6) is 5.75 Å². The molecule has 6 heteroatoms. The molecule has 30 heavy (non-hydrogen) atoms. The van der Waals surface area contributed by atoms with E-state index in [1.54, 1.807) is 18.2 Å². The number of rotatable bonds is 2. The Morgan fingerprint density at radius 3 is 2.70 bits per heavy atom. The number of ketones is 1. The standard InChI is InChI=1S/C24H24N4O2/c1-14-6-4-7-15(10-14)21-20-18(12-24(2,3)13-19(20)30)25-23-26-22(27-28(21)23)16-8-5-9-17(29)11-16/h4-11,21,29H,12-13H2,1-3H3,(H,25,26,27). The van der Waals surface area contributed by atoms with Crippen LogP contribution in [-0.4, -0.2) is 25.7 Å². The lowest BCUT2D eigenvalue weighted by Crippen LogP contribution is -2.36. The zero-order valence-electron chi connectivity index (χ0n) is 17.3. The number of allylic oxidation sites excluding steroid dienone is 2. The minimum atomic E-state index is -0.321. The van der Waals surface area contributed by atoms with Gasteiger partial charge in [0.15, 0.2) is 11.6 Å². The summed E-state index contributed by atoms with van der Waals surface area (Å²) < 4.78 is 1.81. The van der Waals surface area contributed by atoms with Gasteiger partial charge in [0.05, 0.1) is 0 Å². The van der Waals surface area contributed by atoms with Gasteiger partial charge in [-0.15, -0.1) is 5.10 Å². The number of phenolic OH excluding ortho intramolecular Hbond substituents is 1. The fourth-order valence-corrected chi connectivity index (χ4v) is 4.52. The van der Waals surface area contributed by atoms with Crippen molar-refractivity contribution in [3.8, 4) is 17.1 Å². The fraction of sp³-hybridized carbons (Fsp3) is 0.292. The van der Waals surface area contributed by atoms with E-state index in [1.165, 1.54) is 0 Å². The highest BCUT2D eigenvalue weighted by molar-refractivity contribution is 6.00. The van der Waals surface area contributed by atoms with Gasteiger partial charge in [0.25, 0.3) is 0 Å². The summed E-state index contributed by atoms with van der Waals surface area (Å²) in [6.07, 6.45) is 1.30. The van der Waals surface area contributed by atoms with Crippen LogP contribution in [0.3, 0.4) is 0 Å². The van der Waals surface area contributed by atoms with Crippen molar-refractivity contribution in [2.45, 2.75) is 39.7 Å². The first-order valence-corrected chi connectivity index (χ1v) is 10.2. The molecule has 1 unspecified atom stereocenters. The van der Waals surface area contributed by atoms with Crippen LogP contribution in [0.2, 0.25) is 0 Å². The number of aryl methyl sites for hydroxylation is 1. The van der Waals surface area contributed by atoms with Crippen molar-refractivity contribution >= 4 is 11.7 Å². The van der Waals surface area contributed by atoms with Crippen molar-refractivity contribution in [1.82, 2.24) is 14.8 Å². The zero-order valence-corrected chi connectivity index (χ0v) is 17.3. The van der Waals surface area contributed by atoms with E-state index >= 15 is 0 Å². The van der Waals surface area contributed by atoms with E-state index in [0.717, 1.165) is 34.4 Å². The first-order chi connectivity index (χ1) is 14.3. The Hall–Kier alpha value is -3.41. The first-order valence-electron chi connectivity index (χ1n) is 10.2. The predicted molar refractivity (Wildman–Crippen MR) is 115 cm³/mol. The lowest BCUT2D eigenvalue weighted by atomic mass is 9.73. The number of nitrogens with one attached hydrogen (secondary N) is 1. The van der Waals surface area contributed by atoms with Gasteiger partial charge in [-0.05, 0) is 36.5 Å². The van der Waals surface area contributed by atoms with E-state index in [0.29, 0.717) is 18.2 Å². The summed E-state index contributed by atoms with van der Waals surface area (Å²) in [4.78, 5) is 18.0. The Morgan fingerprint density at radius 1 is 1.13 bits per heavy atom. The minimum Gasteiger partial charge on any atom is -0.508 e. The van der Waals surface area contributed by atoms with E-state index < -0.39 is 0 Å². The highest BCUT2D eigenvalue weighted by Gasteiger charge is 2.41. The van der Waals surface area contributed by atoms with Gasteiger partial charge in [0.2, 0.25) is 5.95 Å². The molecular weight excluding hydrogens is 376 g/mol. The van der Waals surface area contributed by atoms with E-state index in [2.05, 4.69) is 25.2 Å². The van der Waals surface area contributed by atoms with Crippen molar-refractivity contribution in [3.63, 3.8) is 0 Å². The van der Waals surface area contributed by atoms with Crippen LogP contribution >= 0.6 is 0 Å². The van der Waals surface area contributed by atoms with Crippen LogP contribution in [0.25, 0.3) is 11.4 Å². The lowest BCUT2D eigenvalue weighted by Gasteiger charge is -2.38. The van der Waals surface area contributed by atoms with Gasteiger partial charge >= 0.3 is 0 Å². The molecule has 2 heterocycles. The van der Waals surface area contributed by atoms with Crippen molar-refractivity contribution in [3.05, 3.63) is 70.9 Å². The highest BCUT2D eigenvalue weighted by Crippen LogP contribution is 2.45. The maximum absolute atomic E-state index is 13.3. The van der Waals surface area contributed by atoms with Crippen LogP contribution in [-0.2, 0) is 4.79 Å². The molecule has 2 N–H and O–H groups in total. The minimum absolute atomic E-state index is 0.101. The average molecular weight is 400 g/mol. The van der Waals surface area contributed by atoms with E-state index in [-0.39, 0.29) is 23.0 Å². The number of benzene rings is 2. The molecule has 2 aliphatic rings. The van der Waals surface area contributed by atoms with Crippen LogP contribution in [0.4, 0.5) is 5.95 Å². The zero-order chi connectivity index (χ0) is 21.0. The van der Waals surface area contributed by atoms with Gasteiger partial charge in [0, 0.05) is 23.3 Å². The van der Waals surface area contributed by atoms with Gasteiger partial charge in [0.1, 0.15) is 11.8 Å². The fourth-order valence-electron chi connectivity index (χ4n) is 4.52. The van der Waals surface area contributed by atoms with Crippen LogP contribution < -0.4 is 5.32 Å². The number of phenols is 1. The average Bonchev–Trinajstić information content (AvgIpc) is 3.09. The van der Waals surface area contributed by atoms with Crippen molar-refractivity contribution in [2.75, 3.05) is 5.32 Å². The number of nitrogens with zero attached hydrogens (tertiary/aromatic N) is 3. The monoisotopic (exact) mass is 400 g/mol. The summed E-state index contributed by atoms with van der Waals surface area (Å²) in [5.74, 6) is 1.44. The third-order valence-electron chi connectivity index (χ3n) is 5.79. The van der Waals surface area contributed by atoms with Gasteiger partial charge in [-0.25, -0.2) is 4.68 Å². The first kappa shape index (κ1) is 18.6. The summed E-state index contributed by atoms with van der Waals surface area (Å²) in [5.41, 5.74) is 4.49. The second kappa shape index (κ2) is 6.55. The van der Waals surface area contributed by atoms with Gasteiger partial charge in [-0.3, -0.25) is 4.79 Å². The Morgan fingerprint density at radius 2 is 1.93 bits per heavy atom. The van der Waals surface area contributed by atoms with Gasteiger partial charge < -0.3 is 10.4 Å². The molecule has 1 atom stereocenters. The number of aromatic nitrogens is 3. The maximum Gasteiger partial charge on any atom is 0.226 e. The Labute approximate surface area is 175 Å². The van der Waals surface area contributed by atoms with E-state index in [9.17, 15) is 9.90 Å². The van der Waals surface area contributed by atoms with Gasteiger partial charge in [-0.2, -0.15) is 4.98 Å². The normalized spacial score (nSPS) is 19.8. The third kappa shape index (κ3) is 3.09. The third-order valence-corrected chi connectivity index (χ3v) is 5.79. The molecule has 1 aromatic heterocycles. The number of hydrogen-bond donors (Lipinski definition) is 2. The summed E-state index contributed by atoms with van der Waals surface area (Å²) in [6, 6.07) is 14.8. The van der Waals surface area contributed by atoms with E-state index in [4.69, 9.17) is 10.1 Å². The number of carbonyl (C=O) groups is 1. The number of fused-ring (bicyclic) bond motifs is 1. The molecule has 2 aromatic carbocycles. The molecular formula is C24H24N4O2. The molecule has 6 nitrogen and oxygen atoms in total. The lowest BCUT2D eigenvalue weighted by molar-refractivity contribution is -0.118. The van der Waals surface area contributed by atoms with Crippen molar-refractivity contribution in [1.29, 1.82) is 0 Å². The second-order valence-electron chi connectivity index (χ2n) is 9.03. The van der Waals surface area contributed by atoms with Crippen molar-refractivity contribution < 1.29 is 9.90 Å². The molecule has 1 aliphatic heterocycles. The molecule has 0 saturated carbocycles. The number of aromatic hydroxyl groups is 1. The topological polar surface area (TPSA) is 80.0 Å². The molecule has 0 fully saturated rings. The summed E-state index contributed by atoms with van der Waals surface area (Å²) in [5, 5.41) is 18.0. The molecule has 0 spiro atoms. The number of Topliss-reactive ketones (excluding diaryl/α,β-unsaturated/α-hetero) is 1. The number of carbonyl (C=O) groups excluding carboxylic acids is 1.